The van der Waals surface area contributed by atoms with Crippen LogP contribution in [0.1, 0.15) is 18.3 Å². The number of alkyl halides is 3. The molecule has 0 bridgehead atoms. The molecule has 4 aromatic rings. The van der Waals surface area contributed by atoms with Crippen molar-refractivity contribution in [1.82, 2.24) is 29.7 Å². The van der Waals surface area contributed by atoms with Gasteiger partial charge in [0.05, 0.1) is 41.5 Å². The Kier molecular flexibility index (Phi) is 5.58. The second kappa shape index (κ2) is 8.48. The molecule has 0 unspecified atom stereocenters. The molecule has 0 amide bonds. The summed E-state index contributed by atoms with van der Waals surface area (Å²) in [5.41, 5.74) is -0.117. The number of rotatable bonds is 4. The van der Waals surface area contributed by atoms with Crippen molar-refractivity contribution >= 4 is 22.8 Å². The predicted molar refractivity (Wildman–Crippen MR) is 121 cm³/mol. The monoisotopic (exact) mass is 490 g/mol. The van der Waals surface area contributed by atoms with Crippen LogP contribution < -0.4 is 10.2 Å². The van der Waals surface area contributed by atoms with Crippen LogP contribution in [0.3, 0.4) is 0 Å². The Hall–Kier alpha value is -3.74. The highest BCUT2D eigenvalue weighted by atomic mass is 19.4. The second-order valence-corrected chi connectivity index (χ2v) is 8.25. The van der Waals surface area contributed by atoms with Gasteiger partial charge in [-0.05, 0) is 26.0 Å². The molecule has 9 nitrogen and oxygen atoms in total. The first-order valence-electron chi connectivity index (χ1n) is 10.9. The fourth-order valence-electron chi connectivity index (χ4n) is 4.24. The van der Waals surface area contributed by atoms with E-state index in [-0.39, 0.29) is 28.9 Å². The Balaban J connectivity index is 1.78. The minimum Gasteiger partial charge on any atom is -0.377 e. The summed E-state index contributed by atoms with van der Waals surface area (Å²) in [5.74, 6) is 0.360. The van der Waals surface area contributed by atoms with Gasteiger partial charge in [0.25, 0.3) is 0 Å². The zero-order valence-electron chi connectivity index (χ0n) is 19.1. The lowest BCUT2D eigenvalue weighted by molar-refractivity contribution is -0.140. The minimum absolute atomic E-state index is 0.0493. The molecule has 13 heteroatoms. The zero-order valence-corrected chi connectivity index (χ0v) is 19.1. The number of H-pyrrole nitrogens is 1. The van der Waals surface area contributed by atoms with Crippen LogP contribution in [0.2, 0.25) is 0 Å². The number of fused-ring (bicyclic) bond motifs is 1. The fourth-order valence-corrected chi connectivity index (χ4v) is 4.24. The number of halogens is 4. The number of nitrogens with one attached hydrogen (secondary N) is 2. The lowest BCUT2D eigenvalue weighted by atomic mass is 10.1. The first-order chi connectivity index (χ1) is 16.7. The van der Waals surface area contributed by atoms with E-state index >= 15 is 0 Å². The molecule has 1 fully saturated rings. The minimum atomic E-state index is -4.69. The average molecular weight is 490 g/mol. The summed E-state index contributed by atoms with van der Waals surface area (Å²) in [5, 5.41) is 8.84. The average Bonchev–Trinajstić information content (AvgIpc) is 3.39. The van der Waals surface area contributed by atoms with E-state index in [9.17, 15) is 17.6 Å². The van der Waals surface area contributed by atoms with Gasteiger partial charge in [0.2, 0.25) is 11.9 Å². The van der Waals surface area contributed by atoms with E-state index in [0.717, 1.165) is 0 Å². The highest BCUT2D eigenvalue weighted by molar-refractivity contribution is 5.81. The van der Waals surface area contributed by atoms with Crippen molar-refractivity contribution in [3.05, 3.63) is 41.5 Å². The second-order valence-electron chi connectivity index (χ2n) is 8.25. The van der Waals surface area contributed by atoms with E-state index in [2.05, 4.69) is 25.5 Å². The summed E-state index contributed by atoms with van der Waals surface area (Å²) in [7, 11) is 1.63. The summed E-state index contributed by atoms with van der Waals surface area (Å²) < 4.78 is 62.3. The van der Waals surface area contributed by atoms with Crippen LogP contribution in [-0.2, 0) is 10.9 Å². The van der Waals surface area contributed by atoms with E-state index in [1.165, 1.54) is 31.2 Å². The normalized spacial score (nSPS) is 16.8. The molecule has 2 N–H and O–H groups in total. The topological polar surface area (TPSA) is 96.8 Å². The molecule has 5 rings (SSSR count). The molecule has 0 saturated carbocycles. The van der Waals surface area contributed by atoms with Gasteiger partial charge in [-0.2, -0.15) is 23.3 Å². The lowest BCUT2D eigenvalue weighted by Gasteiger charge is -2.34. The molecule has 1 aliphatic heterocycles. The molecule has 3 aromatic heterocycles. The molecular weight excluding hydrogens is 468 g/mol. The summed E-state index contributed by atoms with van der Waals surface area (Å²) in [6.07, 6.45) is -4.69. The molecule has 0 aliphatic carbocycles. The van der Waals surface area contributed by atoms with Gasteiger partial charge in [0.1, 0.15) is 11.6 Å². The molecule has 0 radical (unpaired) electrons. The van der Waals surface area contributed by atoms with Crippen molar-refractivity contribution in [3.8, 4) is 17.2 Å². The largest absolute Gasteiger partial charge is 0.435 e. The van der Waals surface area contributed by atoms with Gasteiger partial charge in [-0.25, -0.2) is 18.9 Å². The Morgan fingerprint density at radius 3 is 2.69 bits per heavy atom. The van der Waals surface area contributed by atoms with Gasteiger partial charge >= 0.3 is 6.18 Å². The maximum atomic E-state index is 13.8. The van der Waals surface area contributed by atoms with E-state index in [1.54, 1.807) is 11.6 Å². The van der Waals surface area contributed by atoms with Gasteiger partial charge < -0.3 is 15.0 Å². The molecule has 1 aliphatic rings. The van der Waals surface area contributed by atoms with Crippen molar-refractivity contribution < 1.29 is 22.3 Å². The van der Waals surface area contributed by atoms with E-state index in [1.807, 2.05) is 11.8 Å². The lowest BCUT2D eigenvalue weighted by Crippen LogP contribution is -2.44. The van der Waals surface area contributed by atoms with E-state index in [4.69, 9.17) is 9.72 Å². The van der Waals surface area contributed by atoms with Crippen LogP contribution in [0, 0.1) is 12.7 Å². The highest BCUT2D eigenvalue weighted by Gasteiger charge is 2.39. The molecular formula is C22H22F4N8O. The smallest absolute Gasteiger partial charge is 0.377 e. The Labute approximate surface area is 197 Å². The number of aromatic amines is 1. The number of aryl methyl sites for hydroxylation is 1. The molecule has 1 aromatic carbocycles. The quantitative estimate of drug-likeness (QED) is 0.419. The fraction of sp³-hybridized carbons (Fsp3) is 0.364. The number of nitrogens with zero attached hydrogens (tertiary/aromatic N) is 6. The molecule has 184 valence electrons. The standard InChI is InChI=1S/C22H22F4N8O/c1-11-10-35-7-6-33(11)17-9-15(18-12(2)31-32-19(18)22(24,25)26)29-21(30-17)34-16-5-4-13(23)8-14(16)28-20(34)27-3/h4-5,8-9,11H,6-7,10H2,1-3H3,(H,27,28)(H,31,32)/t11-/m1/s1. The van der Waals surface area contributed by atoms with Crippen LogP contribution in [0.15, 0.2) is 24.3 Å². The van der Waals surface area contributed by atoms with Crippen molar-refractivity contribution in [1.29, 1.82) is 0 Å². The highest BCUT2D eigenvalue weighted by Crippen LogP contribution is 2.38. The van der Waals surface area contributed by atoms with Crippen molar-refractivity contribution in [2.75, 3.05) is 37.0 Å². The third-order valence-corrected chi connectivity index (χ3v) is 5.87. The van der Waals surface area contributed by atoms with Crippen LogP contribution in [-0.4, -0.2) is 62.6 Å². The Morgan fingerprint density at radius 2 is 1.97 bits per heavy atom. The van der Waals surface area contributed by atoms with Crippen molar-refractivity contribution in [3.63, 3.8) is 0 Å². The van der Waals surface area contributed by atoms with Crippen LogP contribution >= 0.6 is 0 Å². The maximum absolute atomic E-state index is 13.8. The van der Waals surface area contributed by atoms with Crippen LogP contribution in [0.4, 0.5) is 29.3 Å². The first kappa shape index (κ1) is 23.0. The van der Waals surface area contributed by atoms with Crippen LogP contribution in [0.25, 0.3) is 28.2 Å². The number of benzene rings is 1. The molecule has 1 atom stereocenters. The van der Waals surface area contributed by atoms with Crippen molar-refractivity contribution in [2.45, 2.75) is 26.1 Å². The van der Waals surface area contributed by atoms with Gasteiger partial charge in [0, 0.05) is 31.4 Å². The molecule has 1 saturated heterocycles. The van der Waals surface area contributed by atoms with Gasteiger partial charge in [0.15, 0.2) is 5.69 Å². The third-order valence-electron chi connectivity index (χ3n) is 5.87. The first-order valence-corrected chi connectivity index (χ1v) is 10.9. The Bertz CT molecular complexity index is 1400. The number of aromatic nitrogens is 6. The van der Waals surface area contributed by atoms with E-state index in [0.29, 0.717) is 42.6 Å². The maximum Gasteiger partial charge on any atom is 0.435 e. The van der Waals surface area contributed by atoms with Crippen molar-refractivity contribution in [2.24, 2.45) is 0 Å². The third kappa shape index (κ3) is 4.05. The number of hydrogen-bond acceptors (Lipinski definition) is 7. The number of hydrogen-bond donors (Lipinski definition) is 2. The Morgan fingerprint density at radius 1 is 1.17 bits per heavy atom. The van der Waals surface area contributed by atoms with Crippen LogP contribution in [0.5, 0.6) is 0 Å². The number of imidazole rings is 1. The SMILES string of the molecule is CNc1nc2cc(F)ccc2n1-c1nc(-c2c(C(F)(F)F)n[nH]c2C)cc(N2CCOC[C@H]2C)n1. The summed E-state index contributed by atoms with van der Waals surface area (Å²) in [6.45, 7) is 4.85. The zero-order chi connectivity index (χ0) is 24.9. The number of morpholine rings is 1. The number of anilines is 2. The van der Waals surface area contributed by atoms with Gasteiger partial charge in [-0.3, -0.25) is 5.10 Å². The van der Waals surface area contributed by atoms with E-state index < -0.39 is 17.7 Å². The summed E-state index contributed by atoms with van der Waals surface area (Å²) >= 11 is 0. The molecule has 0 spiro atoms. The van der Waals surface area contributed by atoms with Gasteiger partial charge in [-0.1, -0.05) is 0 Å². The summed E-state index contributed by atoms with van der Waals surface area (Å²) in [4.78, 5) is 15.6. The number of ether oxygens (including phenoxy) is 1. The summed E-state index contributed by atoms with van der Waals surface area (Å²) in [6, 6.07) is 5.52. The predicted octanol–water partition coefficient (Wildman–Crippen LogP) is 3.94. The van der Waals surface area contributed by atoms with Gasteiger partial charge in [-0.15, -0.1) is 0 Å². The molecule has 35 heavy (non-hydrogen) atoms. The molecule has 4 heterocycles.